The third kappa shape index (κ3) is 4.47. The molecule has 1 aliphatic rings. The number of rotatable bonds is 5. The Morgan fingerprint density at radius 2 is 2.00 bits per heavy atom. The maximum absolute atomic E-state index is 5.87. The Balaban J connectivity index is 1.72. The Bertz CT molecular complexity index is 428. The van der Waals surface area contributed by atoms with Crippen LogP contribution in [-0.2, 0) is 4.74 Å². The minimum atomic E-state index is 0.340. The average Bonchev–Trinajstić information content (AvgIpc) is 2.38. The molecule has 0 aliphatic carbocycles. The summed E-state index contributed by atoms with van der Waals surface area (Å²) in [6.45, 7) is 10.3. The smallest absolute Gasteiger partial charge is 0.123 e. The van der Waals surface area contributed by atoms with Crippen LogP contribution in [0, 0.1) is 6.92 Å². The Morgan fingerprint density at radius 1 is 1.30 bits per heavy atom. The second-order valence-corrected chi connectivity index (χ2v) is 6.44. The Morgan fingerprint density at radius 3 is 2.70 bits per heavy atom. The minimum Gasteiger partial charge on any atom is -0.493 e. The lowest BCUT2D eigenvalue weighted by Crippen LogP contribution is -2.45. The molecule has 1 aliphatic heterocycles. The van der Waals surface area contributed by atoms with Crippen LogP contribution in [0.2, 0.25) is 0 Å². The fourth-order valence-electron chi connectivity index (χ4n) is 2.68. The van der Waals surface area contributed by atoms with Crippen LogP contribution in [0.1, 0.15) is 25.8 Å². The van der Waals surface area contributed by atoms with Gasteiger partial charge in [0.25, 0.3) is 0 Å². The van der Waals surface area contributed by atoms with E-state index in [9.17, 15) is 0 Å². The van der Waals surface area contributed by atoms with E-state index < -0.39 is 0 Å². The Labute approximate surface area is 130 Å². The van der Waals surface area contributed by atoms with Crippen LogP contribution in [0.15, 0.2) is 22.7 Å². The van der Waals surface area contributed by atoms with Gasteiger partial charge in [-0.2, -0.15) is 0 Å². The summed E-state index contributed by atoms with van der Waals surface area (Å²) >= 11 is 3.53. The summed E-state index contributed by atoms with van der Waals surface area (Å²) < 4.78 is 12.7. The molecule has 0 N–H and O–H groups in total. The molecule has 0 amide bonds. The molecule has 0 spiro atoms. The zero-order chi connectivity index (χ0) is 14.5. The lowest BCUT2D eigenvalue weighted by molar-refractivity contribution is -0.0686. The van der Waals surface area contributed by atoms with Gasteiger partial charge in [0.05, 0.1) is 18.8 Å². The van der Waals surface area contributed by atoms with E-state index in [-0.39, 0.29) is 0 Å². The Hall–Kier alpha value is -0.580. The van der Waals surface area contributed by atoms with Crippen molar-refractivity contribution in [3.05, 3.63) is 28.2 Å². The molecule has 0 saturated carbocycles. The second-order valence-electron chi connectivity index (χ2n) is 5.58. The van der Waals surface area contributed by atoms with Crippen molar-refractivity contribution in [1.82, 2.24) is 4.90 Å². The maximum Gasteiger partial charge on any atom is 0.123 e. The van der Waals surface area contributed by atoms with Crippen LogP contribution in [-0.4, -0.2) is 43.3 Å². The highest BCUT2D eigenvalue weighted by molar-refractivity contribution is 9.10. The van der Waals surface area contributed by atoms with Crippen molar-refractivity contribution >= 4 is 15.9 Å². The summed E-state index contributed by atoms with van der Waals surface area (Å²) in [5, 5.41) is 0. The number of nitrogens with zero attached hydrogens (tertiary/aromatic N) is 1. The van der Waals surface area contributed by atoms with Gasteiger partial charge in [0, 0.05) is 29.7 Å². The molecule has 1 saturated heterocycles. The summed E-state index contributed by atoms with van der Waals surface area (Å²) in [4.78, 5) is 2.47. The average molecular weight is 342 g/mol. The van der Waals surface area contributed by atoms with E-state index in [1.807, 2.05) is 18.2 Å². The first-order valence-corrected chi connectivity index (χ1v) is 8.11. The quantitative estimate of drug-likeness (QED) is 0.763. The number of ether oxygens (including phenoxy) is 2. The molecule has 20 heavy (non-hydrogen) atoms. The van der Waals surface area contributed by atoms with Gasteiger partial charge in [0.15, 0.2) is 0 Å². The van der Waals surface area contributed by atoms with Crippen LogP contribution >= 0.6 is 15.9 Å². The van der Waals surface area contributed by atoms with Crippen molar-refractivity contribution in [1.29, 1.82) is 0 Å². The molecule has 3 nitrogen and oxygen atoms in total. The van der Waals surface area contributed by atoms with Crippen LogP contribution in [0.3, 0.4) is 0 Å². The van der Waals surface area contributed by atoms with E-state index in [4.69, 9.17) is 9.47 Å². The number of hydrogen-bond donors (Lipinski definition) is 0. The van der Waals surface area contributed by atoms with Crippen LogP contribution < -0.4 is 4.74 Å². The largest absolute Gasteiger partial charge is 0.493 e. The zero-order valence-electron chi connectivity index (χ0n) is 12.6. The molecule has 1 fully saturated rings. The molecule has 1 aromatic rings. The number of hydrogen-bond acceptors (Lipinski definition) is 3. The lowest BCUT2D eigenvalue weighted by atomic mass is 10.2. The summed E-state index contributed by atoms with van der Waals surface area (Å²) in [7, 11) is 0. The zero-order valence-corrected chi connectivity index (χ0v) is 14.1. The summed E-state index contributed by atoms with van der Waals surface area (Å²) in [5.41, 5.74) is 1.17. The maximum atomic E-state index is 5.87. The van der Waals surface area contributed by atoms with Crippen LogP contribution in [0.25, 0.3) is 0 Å². The van der Waals surface area contributed by atoms with Crippen molar-refractivity contribution in [3.8, 4) is 5.75 Å². The SMILES string of the molecule is Cc1c(Br)cccc1OCCCN1CC(C)OC(C)C1. The highest BCUT2D eigenvalue weighted by Gasteiger charge is 2.21. The second kappa shape index (κ2) is 7.43. The monoisotopic (exact) mass is 341 g/mol. The van der Waals surface area contributed by atoms with Crippen LogP contribution in [0.4, 0.5) is 0 Å². The van der Waals surface area contributed by atoms with Crippen molar-refractivity contribution in [2.24, 2.45) is 0 Å². The van der Waals surface area contributed by atoms with Gasteiger partial charge >= 0.3 is 0 Å². The van der Waals surface area contributed by atoms with E-state index in [2.05, 4.69) is 41.6 Å². The van der Waals surface area contributed by atoms with Crippen molar-refractivity contribution in [3.63, 3.8) is 0 Å². The van der Waals surface area contributed by atoms with Gasteiger partial charge in [-0.1, -0.05) is 22.0 Å². The fraction of sp³-hybridized carbons (Fsp3) is 0.625. The third-order valence-corrected chi connectivity index (χ3v) is 4.45. The Kier molecular flexibility index (Phi) is 5.87. The van der Waals surface area contributed by atoms with Gasteiger partial charge in [-0.25, -0.2) is 0 Å². The molecule has 2 unspecified atom stereocenters. The molecular weight excluding hydrogens is 318 g/mol. The number of morpholine rings is 1. The summed E-state index contributed by atoms with van der Waals surface area (Å²) in [6.07, 6.45) is 1.73. The van der Waals surface area contributed by atoms with E-state index in [0.29, 0.717) is 12.2 Å². The molecule has 2 rings (SSSR count). The predicted octanol–water partition coefficient (Wildman–Crippen LogP) is 3.64. The fourth-order valence-corrected chi connectivity index (χ4v) is 3.03. The van der Waals surface area contributed by atoms with Gasteiger partial charge in [-0.05, 0) is 39.3 Å². The summed E-state index contributed by atoms with van der Waals surface area (Å²) in [5.74, 6) is 0.975. The number of halogens is 1. The van der Waals surface area contributed by atoms with E-state index >= 15 is 0 Å². The normalized spacial score (nSPS) is 23.8. The molecule has 1 aromatic carbocycles. The highest BCUT2D eigenvalue weighted by Crippen LogP contribution is 2.25. The van der Waals surface area contributed by atoms with Crippen LogP contribution in [0.5, 0.6) is 5.75 Å². The molecule has 0 aromatic heterocycles. The topological polar surface area (TPSA) is 21.7 Å². The predicted molar refractivity (Wildman–Crippen MR) is 85.4 cm³/mol. The highest BCUT2D eigenvalue weighted by atomic mass is 79.9. The first kappa shape index (κ1) is 15.8. The third-order valence-electron chi connectivity index (χ3n) is 3.59. The van der Waals surface area contributed by atoms with Crippen molar-refractivity contribution < 1.29 is 9.47 Å². The molecular formula is C16H24BrNO2. The standard InChI is InChI=1S/C16H24BrNO2/c1-12-10-18(11-13(2)20-12)8-5-9-19-16-7-4-6-15(17)14(16)3/h4,6-7,12-13H,5,8-11H2,1-3H3. The molecule has 112 valence electrons. The van der Waals surface area contributed by atoms with Gasteiger partial charge < -0.3 is 9.47 Å². The molecule has 4 heteroatoms. The van der Waals surface area contributed by atoms with Gasteiger partial charge in [-0.15, -0.1) is 0 Å². The molecule has 0 bridgehead atoms. The molecule has 2 atom stereocenters. The lowest BCUT2D eigenvalue weighted by Gasteiger charge is -2.35. The molecule has 1 heterocycles. The molecule has 0 radical (unpaired) electrons. The van der Waals surface area contributed by atoms with Gasteiger partial charge in [0.2, 0.25) is 0 Å². The summed E-state index contributed by atoms with van der Waals surface area (Å²) in [6, 6.07) is 6.08. The van der Waals surface area contributed by atoms with Gasteiger partial charge in [0.1, 0.15) is 5.75 Å². The van der Waals surface area contributed by atoms with E-state index in [1.54, 1.807) is 0 Å². The first-order chi connectivity index (χ1) is 9.56. The number of benzene rings is 1. The van der Waals surface area contributed by atoms with E-state index in [0.717, 1.165) is 42.9 Å². The van der Waals surface area contributed by atoms with Crippen molar-refractivity contribution in [2.75, 3.05) is 26.2 Å². The van der Waals surface area contributed by atoms with Crippen molar-refractivity contribution in [2.45, 2.75) is 39.4 Å². The van der Waals surface area contributed by atoms with E-state index in [1.165, 1.54) is 5.56 Å². The van der Waals surface area contributed by atoms with Gasteiger partial charge in [-0.3, -0.25) is 4.90 Å². The first-order valence-electron chi connectivity index (χ1n) is 7.32. The minimum absolute atomic E-state index is 0.340.